The van der Waals surface area contributed by atoms with Crippen molar-refractivity contribution in [1.29, 1.82) is 0 Å². The lowest BCUT2D eigenvalue weighted by Gasteiger charge is -2.10. The lowest BCUT2D eigenvalue weighted by Crippen LogP contribution is -2.23. The van der Waals surface area contributed by atoms with E-state index in [9.17, 15) is 15.2 Å². The molecule has 0 saturated heterocycles. The zero-order chi connectivity index (χ0) is 14.3. The molecule has 0 saturated carbocycles. The van der Waals surface area contributed by atoms with Gasteiger partial charge in [-0.3, -0.25) is 10.1 Å². The van der Waals surface area contributed by atoms with Gasteiger partial charge in [0.2, 0.25) is 0 Å². The Balaban J connectivity index is 2.48. The van der Waals surface area contributed by atoms with E-state index < -0.39 is 11.0 Å². The van der Waals surface area contributed by atoms with E-state index in [1.54, 1.807) is 6.07 Å². The first-order chi connectivity index (χ1) is 9.04. The number of ether oxygens (including phenoxy) is 1. The van der Waals surface area contributed by atoms with Gasteiger partial charge in [0.05, 0.1) is 17.6 Å². The van der Waals surface area contributed by atoms with Crippen LogP contribution in [0.25, 0.3) is 0 Å². The number of aliphatic hydroxyl groups is 1. The molecule has 1 aromatic rings. The molecule has 1 aromatic carbocycles. The van der Waals surface area contributed by atoms with Crippen molar-refractivity contribution in [2.75, 3.05) is 20.3 Å². The quantitative estimate of drug-likeness (QED) is 0.432. The SMILES string of the molecule is COCC(O)CCNCc1cc(Cl)ccc1[N+](=O)[O-]. The maximum absolute atomic E-state index is 10.8. The first kappa shape index (κ1) is 15.8. The van der Waals surface area contributed by atoms with Gasteiger partial charge in [0, 0.05) is 30.3 Å². The van der Waals surface area contributed by atoms with Crippen LogP contribution in [0.4, 0.5) is 5.69 Å². The Kier molecular flexibility index (Phi) is 6.72. The van der Waals surface area contributed by atoms with Gasteiger partial charge in [0.15, 0.2) is 0 Å². The number of hydrogen-bond acceptors (Lipinski definition) is 5. The van der Waals surface area contributed by atoms with Crippen molar-refractivity contribution in [3.8, 4) is 0 Å². The third-order valence-corrected chi connectivity index (χ3v) is 2.80. The molecule has 1 unspecified atom stereocenters. The minimum absolute atomic E-state index is 0.0364. The van der Waals surface area contributed by atoms with Crippen LogP contribution < -0.4 is 5.32 Å². The first-order valence-corrected chi connectivity index (χ1v) is 6.23. The molecule has 106 valence electrons. The van der Waals surface area contributed by atoms with E-state index in [1.165, 1.54) is 19.2 Å². The minimum atomic E-state index is -0.535. The van der Waals surface area contributed by atoms with Crippen LogP contribution in [0.3, 0.4) is 0 Å². The average Bonchev–Trinajstić information content (AvgIpc) is 2.34. The van der Waals surface area contributed by atoms with Crippen molar-refractivity contribution in [2.45, 2.75) is 19.1 Å². The molecule has 0 bridgehead atoms. The highest BCUT2D eigenvalue weighted by molar-refractivity contribution is 6.30. The van der Waals surface area contributed by atoms with E-state index in [1.807, 2.05) is 0 Å². The number of rotatable bonds is 8. The number of nitro benzene ring substituents is 1. The molecular formula is C12H17ClN2O4. The Morgan fingerprint density at radius 2 is 2.32 bits per heavy atom. The summed E-state index contributed by atoms with van der Waals surface area (Å²) in [6.07, 6.45) is -0.0193. The zero-order valence-corrected chi connectivity index (χ0v) is 11.4. The summed E-state index contributed by atoms with van der Waals surface area (Å²) < 4.78 is 4.80. The van der Waals surface area contributed by atoms with Crippen molar-refractivity contribution in [2.24, 2.45) is 0 Å². The number of hydrogen-bond donors (Lipinski definition) is 2. The third kappa shape index (κ3) is 5.52. The highest BCUT2D eigenvalue weighted by Gasteiger charge is 2.13. The molecule has 1 rings (SSSR count). The van der Waals surface area contributed by atoms with Gasteiger partial charge in [0.1, 0.15) is 0 Å². The predicted molar refractivity (Wildman–Crippen MR) is 72.3 cm³/mol. The van der Waals surface area contributed by atoms with Crippen molar-refractivity contribution >= 4 is 17.3 Å². The number of halogens is 1. The number of aliphatic hydroxyl groups excluding tert-OH is 1. The van der Waals surface area contributed by atoms with E-state index in [0.29, 0.717) is 30.1 Å². The maximum Gasteiger partial charge on any atom is 0.273 e. The second-order valence-corrected chi connectivity index (χ2v) is 4.54. The van der Waals surface area contributed by atoms with Crippen molar-refractivity contribution in [3.05, 3.63) is 38.9 Å². The number of nitro groups is 1. The van der Waals surface area contributed by atoms with E-state index in [0.717, 1.165) is 0 Å². The molecule has 1 atom stereocenters. The molecular weight excluding hydrogens is 272 g/mol. The van der Waals surface area contributed by atoms with Crippen LogP contribution in [-0.2, 0) is 11.3 Å². The van der Waals surface area contributed by atoms with E-state index in [2.05, 4.69) is 5.32 Å². The molecule has 0 aromatic heterocycles. The first-order valence-electron chi connectivity index (χ1n) is 5.85. The summed E-state index contributed by atoms with van der Waals surface area (Å²) in [7, 11) is 1.52. The van der Waals surface area contributed by atoms with Crippen LogP contribution in [0.15, 0.2) is 18.2 Å². The Bertz CT molecular complexity index is 428. The molecule has 0 amide bonds. The summed E-state index contributed by atoms with van der Waals surface area (Å²) in [6.45, 7) is 1.14. The fourth-order valence-corrected chi connectivity index (χ4v) is 1.84. The van der Waals surface area contributed by atoms with Gasteiger partial charge >= 0.3 is 0 Å². The molecule has 7 heteroatoms. The monoisotopic (exact) mass is 288 g/mol. The van der Waals surface area contributed by atoms with E-state index in [-0.39, 0.29) is 12.3 Å². The van der Waals surface area contributed by atoms with Gasteiger partial charge in [-0.1, -0.05) is 11.6 Å². The van der Waals surface area contributed by atoms with Crippen LogP contribution in [0.2, 0.25) is 5.02 Å². The molecule has 0 radical (unpaired) electrons. The number of nitrogens with one attached hydrogen (secondary N) is 1. The summed E-state index contributed by atoms with van der Waals surface area (Å²) in [5.74, 6) is 0. The van der Waals surface area contributed by atoms with Gasteiger partial charge in [-0.05, 0) is 25.1 Å². The van der Waals surface area contributed by atoms with Crippen molar-refractivity contribution < 1.29 is 14.8 Å². The topological polar surface area (TPSA) is 84.6 Å². The van der Waals surface area contributed by atoms with Crippen LogP contribution in [0, 0.1) is 10.1 Å². The fourth-order valence-electron chi connectivity index (χ4n) is 1.64. The smallest absolute Gasteiger partial charge is 0.273 e. The lowest BCUT2D eigenvalue weighted by molar-refractivity contribution is -0.385. The fraction of sp³-hybridized carbons (Fsp3) is 0.500. The summed E-state index contributed by atoms with van der Waals surface area (Å²) >= 11 is 5.82. The maximum atomic E-state index is 10.8. The Hall–Kier alpha value is -1.21. The van der Waals surface area contributed by atoms with Crippen molar-refractivity contribution in [3.63, 3.8) is 0 Å². The third-order valence-electron chi connectivity index (χ3n) is 2.57. The normalized spacial score (nSPS) is 12.4. The van der Waals surface area contributed by atoms with E-state index in [4.69, 9.17) is 16.3 Å². The van der Waals surface area contributed by atoms with Gasteiger partial charge < -0.3 is 15.2 Å². The molecule has 0 aliphatic heterocycles. The summed E-state index contributed by atoms with van der Waals surface area (Å²) in [6, 6.07) is 4.45. The second-order valence-electron chi connectivity index (χ2n) is 4.10. The molecule has 0 aliphatic carbocycles. The highest BCUT2D eigenvalue weighted by atomic mass is 35.5. The molecule has 0 fully saturated rings. The Labute approximate surface area is 116 Å². The van der Waals surface area contributed by atoms with Crippen LogP contribution in [0.5, 0.6) is 0 Å². The van der Waals surface area contributed by atoms with Gasteiger partial charge in [0.25, 0.3) is 5.69 Å². The molecule has 0 aliphatic rings. The Morgan fingerprint density at radius 3 is 2.95 bits per heavy atom. The van der Waals surface area contributed by atoms with Crippen LogP contribution in [0.1, 0.15) is 12.0 Å². The Morgan fingerprint density at radius 1 is 1.58 bits per heavy atom. The van der Waals surface area contributed by atoms with E-state index >= 15 is 0 Å². The minimum Gasteiger partial charge on any atom is -0.391 e. The standard InChI is InChI=1S/C12H17ClN2O4/c1-19-8-11(16)4-5-14-7-9-6-10(13)2-3-12(9)15(17)18/h2-3,6,11,14,16H,4-5,7-8H2,1H3. The molecule has 0 heterocycles. The molecule has 0 spiro atoms. The highest BCUT2D eigenvalue weighted by Crippen LogP contribution is 2.22. The summed E-state index contributed by atoms with van der Waals surface area (Å²) in [4.78, 5) is 10.4. The largest absolute Gasteiger partial charge is 0.391 e. The lowest BCUT2D eigenvalue weighted by atomic mass is 10.1. The van der Waals surface area contributed by atoms with Gasteiger partial charge in [-0.15, -0.1) is 0 Å². The number of benzene rings is 1. The number of methoxy groups -OCH3 is 1. The summed E-state index contributed by atoms with van der Waals surface area (Å²) in [5, 5.41) is 23.8. The van der Waals surface area contributed by atoms with Crippen LogP contribution in [-0.4, -0.2) is 36.4 Å². The molecule has 19 heavy (non-hydrogen) atoms. The van der Waals surface area contributed by atoms with Gasteiger partial charge in [-0.25, -0.2) is 0 Å². The average molecular weight is 289 g/mol. The van der Waals surface area contributed by atoms with Gasteiger partial charge in [-0.2, -0.15) is 0 Å². The second kappa shape index (κ2) is 8.06. The molecule has 2 N–H and O–H groups in total. The molecule has 6 nitrogen and oxygen atoms in total. The summed E-state index contributed by atoms with van der Waals surface area (Å²) in [5.41, 5.74) is 0.563. The zero-order valence-electron chi connectivity index (χ0n) is 10.6. The van der Waals surface area contributed by atoms with Crippen molar-refractivity contribution in [1.82, 2.24) is 5.32 Å². The number of nitrogens with zero attached hydrogens (tertiary/aromatic N) is 1. The predicted octanol–water partition coefficient (Wildman–Crippen LogP) is 1.74. The van der Waals surface area contributed by atoms with Crippen LogP contribution >= 0.6 is 11.6 Å².